The summed E-state index contributed by atoms with van der Waals surface area (Å²) in [5.41, 5.74) is 1.58. The number of hydrogen-bond donors (Lipinski definition) is 1. The molecular weight excluding hydrogens is 317 g/mol. The van der Waals surface area contributed by atoms with E-state index in [0.717, 1.165) is 17.2 Å². The summed E-state index contributed by atoms with van der Waals surface area (Å²) in [4.78, 5) is 15.8. The van der Waals surface area contributed by atoms with Crippen LogP contribution in [-0.2, 0) is 19.1 Å². The molecule has 0 saturated carbocycles. The number of benzene rings is 1. The average molecular weight is 329 g/mol. The number of halogens is 4. The number of fused-ring (bicyclic) bond motifs is 1. The fourth-order valence-electron chi connectivity index (χ4n) is 2.61. The zero-order valence-corrected chi connectivity index (χ0v) is 12.1. The van der Waals surface area contributed by atoms with E-state index in [0.29, 0.717) is 25.2 Å². The normalized spacial score (nSPS) is 14.8. The van der Waals surface area contributed by atoms with Gasteiger partial charge in [0.25, 0.3) is 0 Å². The molecule has 2 aromatic rings. The molecule has 1 N–H and O–H groups in total. The van der Waals surface area contributed by atoms with E-state index in [-0.39, 0.29) is 10.6 Å². The maximum Gasteiger partial charge on any atom is 0.417 e. The SMILES string of the molecule is O=c1cc2c(c[nH]1)CN(c1ccc(C(F)(F)F)c(Cl)c1)CC2. The molecule has 1 aliphatic heterocycles. The average Bonchev–Trinajstić information content (AvgIpc) is 2.45. The summed E-state index contributed by atoms with van der Waals surface area (Å²) in [7, 11) is 0. The van der Waals surface area contributed by atoms with Gasteiger partial charge in [-0.3, -0.25) is 4.79 Å². The topological polar surface area (TPSA) is 36.1 Å². The van der Waals surface area contributed by atoms with Crippen molar-refractivity contribution in [2.75, 3.05) is 11.4 Å². The monoisotopic (exact) mass is 328 g/mol. The lowest BCUT2D eigenvalue weighted by Crippen LogP contribution is -2.31. The number of H-pyrrole nitrogens is 1. The van der Waals surface area contributed by atoms with Gasteiger partial charge in [-0.1, -0.05) is 11.6 Å². The van der Waals surface area contributed by atoms with Crippen LogP contribution in [0.1, 0.15) is 16.7 Å². The highest BCUT2D eigenvalue weighted by atomic mass is 35.5. The Morgan fingerprint density at radius 3 is 2.64 bits per heavy atom. The molecule has 2 heterocycles. The van der Waals surface area contributed by atoms with E-state index >= 15 is 0 Å². The summed E-state index contributed by atoms with van der Waals surface area (Å²) in [6, 6.07) is 5.32. The molecule has 1 aliphatic rings. The smallest absolute Gasteiger partial charge is 0.367 e. The molecule has 0 radical (unpaired) electrons. The van der Waals surface area contributed by atoms with Crippen LogP contribution in [0, 0.1) is 0 Å². The maximum absolute atomic E-state index is 12.7. The van der Waals surface area contributed by atoms with Crippen LogP contribution < -0.4 is 10.5 Å². The quantitative estimate of drug-likeness (QED) is 0.868. The van der Waals surface area contributed by atoms with Crippen LogP contribution in [-0.4, -0.2) is 11.5 Å². The van der Waals surface area contributed by atoms with Gasteiger partial charge in [-0.2, -0.15) is 13.2 Å². The summed E-state index contributed by atoms with van der Waals surface area (Å²) in [5, 5.41) is -0.308. The standard InChI is InChI=1S/C15H12ClF3N2O/c16-13-6-11(1-2-12(13)15(17,18)19)21-4-3-9-5-14(22)20-7-10(9)8-21/h1-2,5-7H,3-4,8H2,(H,20,22). The Morgan fingerprint density at radius 1 is 1.18 bits per heavy atom. The van der Waals surface area contributed by atoms with Gasteiger partial charge in [0.15, 0.2) is 0 Å². The first-order chi connectivity index (χ1) is 10.3. The summed E-state index contributed by atoms with van der Waals surface area (Å²) in [6.45, 7) is 1.14. The third-order valence-electron chi connectivity index (χ3n) is 3.74. The Kier molecular flexibility index (Phi) is 3.64. The van der Waals surface area contributed by atoms with Crippen LogP contribution in [0.4, 0.5) is 18.9 Å². The Morgan fingerprint density at radius 2 is 1.95 bits per heavy atom. The molecule has 0 spiro atoms. The summed E-state index contributed by atoms with van der Waals surface area (Å²) in [6.07, 6.45) is -2.14. The van der Waals surface area contributed by atoms with Crippen molar-refractivity contribution < 1.29 is 13.2 Å². The lowest BCUT2D eigenvalue weighted by Gasteiger charge is -2.30. The second-order valence-electron chi connectivity index (χ2n) is 5.18. The number of nitrogens with one attached hydrogen (secondary N) is 1. The number of hydrogen-bond acceptors (Lipinski definition) is 2. The minimum Gasteiger partial charge on any atom is -0.367 e. The van der Waals surface area contributed by atoms with E-state index in [1.54, 1.807) is 12.3 Å². The van der Waals surface area contributed by atoms with Gasteiger partial charge in [0, 0.05) is 31.0 Å². The highest BCUT2D eigenvalue weighted by Crippen LogP contribution is 2.37. The van der Waals surface area contributed by atoms with Crippen molar-refractivity contribution in [1.82, 2.24) is 4.98 Å². The fraction of sp³-hybridized carbons (Fsp3) is 0.267. The first-order valence-electron chi connectivity index (χ1n) is 6.67. The van der Waals surface area contributed by atoms with Crippen LogP contribution in [0.5, 0.6) is 0 Å². The largest absolute Gasteiger partial charge is 0.417 e. The van der Waals surface area contributed by atoms with Crippen molar-refractivity contribution in [2.45, 2.75) is 19.1 Å². The van der Waals surface area contributed by atoms with Gasteiger partial charge in [0.2, 0.25) is 5.56 Å². The van der Waals surface area contributed by atoms with Gasteiger partial charge in [-0.15, -0.1) is 0 Å². The van der Waals surface area contributed by atoms with E-state index in [4.69, 9.17) is 11.6 Å². The predicted molar refractivity (Wildman–Crippen MR) is 78.3 cm³/mol. The van der Waals surface area contributed by atoms with Gasteiger partial charge in [0.1, 0.15) is 0 Å². The molecule has 1 aromatic carbocycles. The van der Waals surface area contributed by atoms with Gasteiger partial charge in [0.05, 0.1) is 10.6 Å². The van der Waals surface area contributed by atoms with Gasteiger partial charge < -0.3 is 9.88 Å². The van der Waals surface area contributed by atoms with Crippen molar-refractivity contribution >= 4 is 17.3 Å². The van der Waals surface area contributed by atoms with Gasteiger partial charge in [-0.05, 0) is 35.7 Å². The van der Waals surface area contributed by atoms with Crippen LogP contribution in [0.2, 0.25) is 5.02 Å². The zero-order chi connectivity index (χ0) is 15.9. The number of anilines is 1. The number of nitrogens with zero attached hydrogens (tertiary/aromatic N) is 1. The van der Waals surface area contributed by atoms with Crippen molar-refractivity contribution in [3.63, 3.8) is 0 Å². The van der Waals surface area contributed by atoms with Crippen LogP contribution >= 0.6 is 11.6 Å². The number of pyridine rings is 1. The third kappa shape index (κ3) is 2.83. The molecule has 0 aliphatic carbocycles. The molecule has 0 fully saturated rings. The number of aromatic nitrogens is 1. The third-order valence-corrected chi connectivity index (χ3v) is 4.05. The molecular formula is C15H12ClF3N2O. The zero-order valence-electron chi connectivity index (χ0n) is 11.4. The first-order valence-corrected chi connectivity index (χ1v) is 7.04. The van der Waals surface area contributed by atoms with Crippen molar-refractivity contribution in [3.8, 4) is 0 Å². The Labute approximate surface area is 129 Å². The van der Waals surface area contributed by atoms with Crippen molar-refractivity contribution in [2.24, 2.45) is 0 Å². The molecule has 7 heteroatoms. The maximum atomic E-state index is 12.7. The predicted octanol–water partition coefficient (Wildman–Crippen LogP) is 3.61. The van der Waals surface area contributed by atoms with E-state index in [9.17, 15) is 18.0 Å². The number of rotatable bonds is 1. The minimum absolute atomic E-state index is 0.148. The molecule has 3 rings (SSSR count). The van der Waals surface area contributed by atoms with E-state index in [1.807, 2.05) is 4.90 Å². The molecule has 0 amide bonds. The Balaban J connectivity index is 1.89. The van der Waals surface area contributed by atoms with Crippen molar-refractivity contribution in [3.05, 3.63) is 62.5 Å². The van der Waals surface area contributed by atoms with E-state index < -0.39 is 11.7 Å². The summed E-state index contributed by atoms with van der Waals surface area (Å²) >= 11 is 5.76. The summed E-state index contributed by atoms with van der Waals surface area (Å²) < 4.78 is 38.2. The molecule has 3 nitrogen and oxygen atoms in total. The molecule has 0 atom stereocenters. The van der Waals surface area contributed by atoms with Gasteiger partial charge >= 0.3 is 6.18 Å². The first kappa shape index (κ1) is 15.0. The van der Waals surface area contributed by atoms with E-state index in [2.05, 4.69) is 4.98 Å². The van der Waals surface area contributed by atoms with Crippen LogP contribution in [0.15, 0.2) is 35.3 Å². The van der Waals surface area contributed by atoms with Gasteiger partial charge in [-0.25, -0.2) is 0 Å². The molecule has 0 unspecified atom stereocenters. The molecule has 1 aromatic heterocycles. The van der Waals surface area contributed by atoms with Crippen molar-refractivity contribution in [1.29, 1.82) is 0 Å². The second kappa shape index (κ2) is 5.35. The Hall–Kier alpha value is -1.95. The lowest BCUT2D eigenvalue weighted by atomic mass is 10.0. The minimum atomic E-state index is -4.45. The molecule has 0 saturated heterocycles. The highest BCUT2D eigenvalue weighted by Gasteiger charge is 2.33. The van der Waals surface area contributed by atoms with Crippen LogP contribution in [0.25, 0.3) is 0 Å². The number of aromatic amines is 1. The lowest BCUT2D eigenvalue weighted by molar-refractivity contribution is -0.137. The molecule has 22 heavy (non-hydrogen) atoms. The number of alkyl halides is 3. The van der Waals surface area contributed by atoms with Crippen LogP contribution in [0.3, 0.4) is 0 Å². The Bertz CT molecular complexity index is 770. The second-order valence-corrected chi connectivity index (χ2v) is 5.59. The molecule has 0 bridgehead atoms. The van der Waals surface area contributed by atoms with E-state index in [1.165, 1.54) is 12.1 Å². The molecule has 116 valence electrons. The fourth-order valence-corrected chi connectivity index (χ4v) is 2.90. The highest BCUT2D eigenvalue weighted by molar-refractivity contribution is 6.31. The summed E-state index contributed by atoms with van der Waals surface area (Å²) in [5.74, 6) is 0.